The minimum absolute atomic E-state index is 0.688. The molecule has 3 N–H and O–H groups in total. The van der Waals surface area contributed by atoms with Crippen LogP contribution < -0.4 is 5.73 Å². The molecule has 4 heteroatoms. The van der Waals surface area contributed by atoms with E-state index < -0.39 is 0 Å². The lowest BCUT2D eigenvalue weighted by Crippen LogP contribution is -1.69. The lowest BCUT2D eigenvalue weighted by molar-refractivity contribution is 0.664. The summed E-state index contributed by atoms with van der Waals surface area (Å²) in [5.41, 5.74) is 4.50. The first kappa shape index (κ1) is 10.8. The molecule has 0 saturated heterocycles. The average Bonchev–Trinajstić information content (AvgIpc) is 2.10. The number of hydrogen-bond donors (Lipinski definition) is 2. The molecule has 0 aromatic heterocycles. The molecule has 0 atom stereocenters. The van der Waals surface area contributed by atoms with Crippen molar-refractivity contribution in [2.45, 2.75) is 4.90 Å². The van der Waals surface area contributed by atoms with Gasteiger partial charge >= 0.3 is 0 Å². The Balaban J connectivity index is 0.000000461. The molecule has 0 aliphatic carbocycles. The van der Waals surface area contributed by atoms with Crippen LogP contribution in [0.4, 0.5) is 0 Å². The standard InChI is InChI=1S/C6H5ClOS.CH5N/c7-5-1-3-6(9-8)4-2-5;1-2/h1-4,8H;2H2,1H3. The van der Waals surface area contributed by atoms with Gasteiger partial charge in [-0.05, 0) is 31.3 Å². The molecule has 1 aromatic carbocycles. The second-order valence-electron chi connectivity index (χ2n) is 1.55. The first-order valence-electron chi connectivity index (χ1n) is 2.97. The van der Waals surface area contributed by atoms with Gasteiger partial charge in [-0.15, -0.1) is 0 Å². The predicted molar refractivity (Wildman–Crippen MR) is 50.0 cm³/mol. The van der Waals surface area contributed by atoms with E-state index in [1.54, 1.807) is 24.3 Å². The van der Waals surface area contributed by atoms with Gasteiger partial charge in [0.05, 0.1) is 0 Å². The van der Waals surface area contributed by atoms with Crippen LogP contribution in [-0.2, 0) is 0 Å². The maximum absolute atomic E-state index is 8.50. The second-order valence-corrected chi connectivity index (χ2v) is 2.64. The zero-order valence-electron chi connectivity index (χ0n) is 6.12. The Bertz CT molecular complexity index is 190. The minimum atomic E-state index is 0.688. The van der Waals surface area contributed by atoms with Gasteiger partial charge in [0, 0.05) is 22.0 Å². The van der Waals surface area contributed by atoms with Crippen molar-refractivity contribution in [3.8, 4) is 0 Å². The molecule has 62 valence electrons. The lowest BCUT2D eigenvalue weighted by atomic mass is 10.4. The van der Waals surface area contributed by atoms with Crippen LogP contribution in [0, 0.1) is 0 Å². The molecule has 0 fully saturated rings. The Morgan fingerprint density at radius 2 is 1.73 bits per heavy atom. The van der Waals surface area contributed by atoms with Crippen molar-refractivity contribution < 1.29 is 4.55 Å². The molecule has 0 saturated carbocycles. The SMILES string of the molecule is CN.OSc1ccc(Cl)cc1. The van der Waals surface area contributed by atoms with Crippen molar-refractivity contribution in [3.63, 3.8) is 0 Å². The Morgan fingerprint density at radius 3 is 2.09 bits per heavy atom. The van der Waals surface area contributed by atoms with E-state index in [0.29, 0.717) is 5.02 Å². The van der Waals surface area contributed by atoms with E-state index in [2.05, 4.69) is 5.73 Å². The number of halogens is 1. The van der Waals surface area contributed by atoms with Gasteiger partial charge in [-0.25, -0.2) is 0 Å². The van der Waals surface area contributed by atoms with E-state index in [9.17, 15) is 0 Å². The summed E-state index contributed by atoms with van der Waals surface area (Å²) < 4.78 is 8.50. The van der Waals surface area contributed by atoms with Crippen LogP contribution in [0.15, 0.2) is 29.2 Å². The highest BCUT2D eigenvalue weighted by Crippen LogP contribution is 2.16. The molecular weight excluding hydrogens is 182 g/mol. The normalized spacial score (nSPS) is 8.36. The maximum Gasteiger partial charge on any atom is 0.0406 e. The topological polar surface area (TPSA) is 46.2 Å². The van der Waals surface area contributed by atoms with Crippen LogP contribution in [0.25, 0.3) is 0 Å². The summed E-state index contributed by atoms with van der Waals surface area (Å²) in [6.07, 6.45) is 0. The van der Waals surface area contributed by atoms with E-state index in [4.69, 9.17) is 16.2 Å². The van der Waals surface area contributed by atoms with Crippen molar-refractivity contribution in [2.24, 2.45) is 5.73 Å². The second kappa shape index (κ2) is 6.49. The summed E-state index contributed by atoms with van der Waals surface area (Å²) in [5, 5.41) is 0.688. The van der Waals surface area contributed by atoms with Crippen LogP contribution in [0.2, 0.25) is 5.02 Å². The van der Waals surface area contributed by atoms with Crippen LogP contribution in [0.5, 0.6) is 0 Å². The van der Waals surface area contributed by atoms with E-state index in [0.717, 1.165) is 16.9 Å². The van der Waals surface area contributed by atoms with Gasteiger partial charge in [-0.2, -0.15) is 0 Å². The molecule has 0 bridgehead atoms. The third-order valence-corrected chi connectivity index (χ3v) is 1.65. The fraction of sp³-hybridized carbons (Fsp3) is 0.143. The van der Waals surface area contributed by atoms with Crippen LogP contribution in [0.3, 0.4) is 0 Å². The molecule has 11 heavy (non-hydrogen) atoms. The third kappa shape index (κ3) is 4.27. The molecule has 0 radical (unpaired) electrons. The van der Waals surface area contributed by atoms with Gasteiger partial charge in [0.15, 0.2) is 0 Å². The average molecular weight is 192 g/mol. The van der Waals surface area contributed by atoms with Crippen molar-refractivity contribution in [2.75, 3.05) is 7.05 Å². The van der Waals surface area contributed by atoms with E-state index in [-0.39, 0.29) is 0 Å². The highest BCUT2D eigenvalue weighted by Gasteiger charge is 1.88. The van der Waals surface area contributed by atoms with Gasteiger partial charge in [-0.3, -0.25) is 0 Å². The molecule has 2 nitrogen and oxygen atoms in total. The first-order valence-corrected chi connectivity index (χ1v) is 4.13. The molecule has 0 unspecified atom stereocenters. The largest absolute Gasteiger partial charge is 0.333 e. The van der Waals surface area contributed by atoms with Crippen molar-refractivity contribution in [1.29, 1.82) is 0 Å². The van der Waals surface area contributed by atoms with Crippen molar-refractivity contribution >= 4 is 23.6 Å². The zero-order valence-corrected chi connectivity index (χ0v) is 7.69. The fourth-order valence-corrected chi connectivity index (χ4v) is 0.879. The highest BCUT2D eigenvalue weighted by molar-refractivity contribution is 7.93. The summed E-state index contributed by atoms with van der Waals surface area (Å²) in [5.74, 6) is 0. The number of rotatable bonds is 1. The predicted octanol–water partition coefficient (Wildman–Crippen LogP) is 2.48. The number of benzene rings is 1. The van der Waals surface area contributed by atoms with Crippen molar-refractivity contribution in [3.05, 3.63) is 29.3 Å². The quantitative estimate of drug-likeness (QED) is 0.671. The van der Waals surface area contributed by atoms with E-state index >= 15 is 0 Å². The molecule has 0 heterocycles. The molecule has 0 aliphatic heterocycles. The summed E-state index contributed by atoms with van der Waals surface area (Å²) in [4.78, 5) is 0.805. The molecule has 1 aromatic rings. The highest BCUT2D eigenvalue weighted by atomic mass is 35.5. The van der Waals surface area contributed by atoms with Gasteiger partial charge in [0.25, 0.3) is 0 Å². The van der Waals surface area contributed by atoms with Gasteiger partial charge < -0.3 is 10.3 Å². The molecule has 0 amide bonds. The van der Waals surface area contributed by atoms with Gasteiger partial charge in [0.1, 0.15) is 0 Å². The minimum Gasteiger partial charge on any atom is -0.333 e. The lowest BCUT2D eigenvalue weighted by Gasteiger charge is -1.91. The van der Waals surface area contributed by atoms with Crippen LogP contribution >= 0.6 is 23.6 Å². The zero-order chi connectivity index (χ0) is 8.69. The smallest absolute Gasteiger partial charge is 0.0406 e. The monoisotopic (exact) mass is 191 g/mol. The molecule has 0 spiro atoms. The fourth-order valence-electron chi connectivity index (χ4n) is 0.495. The third-order valence-electron chi connectivity index (χ3n) is 0.919. The summed E-state index contributed by atoms with van der Waals surface area (Å²) >= 11 is 6.30. The van der Waals surface area contributed by atoms with Crippen LogP contribution in [0.1, 0.15) is 0 Å². The number of nitrogens with two attached hydrogens (primary N) is 1. The Morgan fingerprint density at radius 1 is 1.27 bits per heavy atom. The first-order chi connectivity index (χ1) is 5.33. The van der Waals surface area contributed by atoms with Crippen molar-refractivity contribution in [1.82, 2.24) is 0 Å². The van der Waals surface area contributed by atoms with E-state index in [1.807, 2.05) is 0 Å². The van der Waals surface area contributed by atoms with Gasteiger partial charge in [0.2, 0.25) is 0 Å². The van der Waals surface area contributed by atoms with E-state index in [1.165, 1.54) is 7.05 Å². The Kier molecular flexibility index (Phi) is 6.36. The Hall–Kier alpha value is -0.220. The maximum atomic E-state index is 8.50. The van der Waals surface area contributed by atoms with Gasteiger partial charge in [-0.1, -0.05) is 11.6 Å². The summed E-state index contributed by atoms with van der Waals surface area (Å²) in [6, 6.07) is 6.99. The van der Waals surface area contributed by atoms with Crippen LogP contribution in [-0.4, -0.2) is 11.6 Å². The summed E-state index contributed by atoms with van der Waals surface area (Å²) in [6.45, 7) is 0. The molecule has 0 aliphatic rings. The Labute approximate surface area is 75.6 Å². The summed E-state index contributed by atoms with van der Waals surface area (Å²) in [7, 11) is 1.50. The molecular formula is C7H10ClNOS. The molecule has 1 rings (SSSR count). The number of hydrogen-bond acceptors (Lipinski definition) is 3.